The lowest BCUT2D eigenvalue weighted by molar-refractivity contribution is -0.193. The van der Waals surface area contributed by atoms with E-state index in [0.717, 1.165) is 44.9 Å². The summed E-state index contributed by atoms with van der Waals surface area (Å²) in [5.41, 5.74) is -0.182. The predicted molar refractivity (Wildman–Crippen MR) is 95.7 cm³/mol. The summed E-state index contributed by atoms with van der Waals surface area (Å²) in [5, 5.41) is 42.1. The monoisotopic (exact) mass is 352 g/mol. The van der Waals surface area contributed by atoms with E-state index in [1.54, 1.807) is 0 Å². The molecule has 4 aliphatic carbocycles. The molecule has 0 aromatic carbocycles. The fraction of sp³-hybridized carbons (Fsp3) is 1.00. The van der Waals surface area contributed by atoms with Gasteiger partial charge in [0.2, 0.25) is 0 Å². The second kappa shape index (κ2) is 6.19. The first-order valence-corrected chi connectivity index (χ1v) is 10.5. The number of aliphatic hydroxyl groups excluding tert-OH is 4. The van der Waals surface area contributed by atoms with Gasteiger partial charge in [-0.1, -0.05) is 6.92 Å². The van der Waals surface area contributed by atoms with Gasteiger partial charge < -0.3 is 20.4 Å². The van der Waals surface area contributed by atoms with Crippen molar-refractivity contribution in [1.82, 2.24) is 0 Å². The standard InChI is InChI=1S/C21H36O4/c1-12(23)16-5-6-17-15-4-3-13-9-14(24)7-8-20(13,2)19(15)18(25)10-21(16,17)11-22/h12-19,22-25H,3-11H2,1-2H3/t12?,13-,14-,15+,16-,17+,18-,19-,20+,21+/m1/s1. The van der Waals surface area contributed by atoms with Crippen LogP contribution in [0, 0.1) is 40.4 Å². The summed E-state index contributed by atoms with van der Waals surface area (Å²) < 4.78 is 0. The van der Waals surface area contributed by atoms with Crippen LogP contribution in [0.5, 0.6) is 0 Å². The van der Waals surface area contributed by atoms with E-state index < -0.39 is 12.2 Å². The molecule has 0 aromatic rings. The topological polar surface area (TPSA) is 80.9 Å². The Hall–Kier alpha value is -0.160. The van der Waals surface area contributed by atoms with Crippen molar-refractivity contribution < 1.29 is 20.4 Å². The summed E-state index contributed by atoms with van der Waals surface area (Å²) in [6.45, 7) is 4.30. The number of rotatable bonds is 2. The van der Waals surface area contributed by atoms with E-state index in [-0.39, 0.29) is 35.4 Å². The van der Waals surface area contributed by atoms with Crippen LogP contribution in [-0.4, -0.2) is 45.3 Å². The second-order valence-electron chi connectivity index (χ2n) is 10.1. The molecule has 0 heterocycles. The normalized spacial score (nSPS) is 56.6. The van der Waals surface area contributed by atoms with Gasteiger partial charge in [0.05, 0.1) is 18.3 Å². The minimum absolute atomic E-state index is 0.0897. The van der Waals surface area contributed by atoms with Crippen LogP contribution in [0.15, 0.2) is 0 Å². The first kappa shape index (κ1) is 18.2. The van der Waals surface area contributed by atoms with E-state index in [2.05, 4.69) is 6.92 Å². The van der Waals surface area contributed by atoms with E-state index in [9.17, 15) is 20.4 Å². The zero-order valence-corrected chi connectivity index (χ0v) is 15.8. The van der Waals surface area contributed by atoms with Crippen LogP contribution in [0.25, 0.3) is 0 Å². The van der Waals surface area contributed by atoms with Gasteiger partial charge in [-0.15, -0.1) is 0 Å². The molecule has 0 amide bonds. The minimum Gasteiger partial charge on any atom is -0.396 e. The molecular formula is C21H36O4. The molecule has 0 aromatic heterocycles. The van der Waals surface area contributed by atoms with Crippen molar-refractivity contribution >= 4 is 0 Å². The minimum atomic E-state index is -0.419. The van der Waals surface area contributed by atoms with Gasteiger partial charge in [0.1, 0.15) is 0 Å². The molecule has 144 valence electrons. The number of hydrogen-bond donors (Lipinski definition) is 4. The van der Waals surface area contributed by atoms with Crippen LogP contribution in [0.2, 0.25) is 0 Å². The highest BCUT2D eigenvalue weighted by molar-refractivity contribution is 5.13. The van der Waals surface area contributed by atoms with Gasteiger partial charge in [0.15, 0.2) is 0 Å². The van der Waals surface area contributed by atoms with Gasteiger partial charge in [0.25, 0.3) is 0 Å². The Kier molecular flexibility index (Phi) is 4.51. The average molecular weight is 353 g/mol. The molecule has 4 aliphatic rings. The Morgan fingerprint density at radius 1 is 1.08 bits per heavy atom. The molecular weight excluding hydrogens is 316 g/mol. The maximum Gasteiger partial charge on any atom is 0.0582 e. The van der Waals surface area contributed by atoms with Crippen LogP contribution < -0.4 is 0 Å². The molecule has 4 heteroatoms. The zero-order valence-electron chi connectivity index (χ0n) is 15.8. The third-order valence-corrected chi connectivity index (χ3v) is 9.24. The van der Waals surface area contributed by atoms with Gasteiger partial charge in [-0.3, -0.25) is 0 Å². The molecule has 4 N–H and O–H groups in total. The van der Waals surface area contributed by atoms with Gasteiger partial charge in [-0.05, 0) is 93.3 Å². The van der Waals surface area contributed by atoms with Gasteiger partial charge in [0, 0.05) is 12.0 Å². The zero-order chi connectivity index (χ0) is 18.0. The molecule has 10 atom stereocenters. The summed E-state index contributed by atoms with van der Waals surface area (Å²) in [5.74, 6) is 1.79. The smallest absolute Gasteiger partial charge is 0.0582 e. The fourth-order valence-electron chi connectivity index (χ4n) is 8.21. The van der Waals surface area contributed by atoms with Crippen LogP contribution >= 0.6 is 0 Å². The number of fused-ring (bicyclic) bond motifs is 5. The summed E-state index contributed by atoms with van der Waals surface area (Å²) in [6.07, 6.45) is 6.70. The summed E-state index contributed by atoms with van der Waals surface area (Å²) in [4.78, 5) is 0. The van der Waals surface area contributed by atoms with Gasteiger partial charge in [-0.2, -0.15) is 0 Å². The first-order valence-electron chi connectivity index (χ1n) is 10.5. The average Bonchev–Trinajstić information content (AvgIpc) is 2.95. The lowest BCUT2D eigenvalue weighted by atomic mass is 9.43. The predicted octanol–water partition coefficient (Wildman–Crippen LogP) is 2.33. The Bertz CT molecular complexity index is 508. The fourth-order valence-corrected chi connectivity index (χ4v) is 8.21. The highest BCUT2D eigenvalue weighted by atomic mass is 16.3. The van der Waals surface area contributed by atoms with Crippen LogP contribution in [0.1, 0.15) is 65.2 Å². The third kappa shape index (κ3) is 2.47. The van der Waals surface area contributed by atoms with Crippen molar-refractivity contribution in [2.45, 2.75) is 83.5 Å². The second-order valence-corrected chi connectivity index (χ2v) is 10.1. The van der Waals surface area contributed by atoms with Crippen LogP contribution in [0.3, 0.4) is 0 Å². The van der Waals surface area contributed by atoms with Crippen LogP contribution in [0.4, 0.5) is 0 Å². The SMILES string of the molecule is CC(O)[C@H]1CC[C@H]2[C@@H]3CC[C@@H]4C[C@H](O)CC[C@]4(C)[C@H]3[C@H](O)C[C@]12CO. The summed E-state index contributed by atoms with van der Waals surface area (Å²) in [7, 11) is 0. The maximum atomic E-state index is 11.3. The van der Waals surface area contributed by atoms with Gasteiger partial charge >= 0.3 is 0 Å². The third-order valence-electron chi connectivity index (χ3n) is 9.24. The Morgan fingerprint density at radius 2 is 1.84 bits per heavy atom. The molecule has 4 fully saturated rings. The van der Waals surface area contributed by atoms with Crippen molar-refractivity contribution in [3.05, 3.63) is 0 Å². The number of hydrogen-bond acceptors (Lipinski definition) is 4. The number of aliphatic hydroxyl groups is 4. The lowest BCUT2D eigenvalue weighted by Crippen LogP contribution is -2.61. The molecule has 4 rings (SSSR count). The van der Waals surface area contributed by atoms with Crippen molar-refractivity contribution in [3.63, 3.8) is 0 Å². The molecule has 0 radical (unpaired) electrons. The Balaban J connectivity index is 1.68. The van der Waals surface area contributed by atoms with E-state index >= 15 is 0 Å². The molecule has 0 spiro atoms. The lowest BCUT2D eigenvalue weighted by Gasteiger charge is -2.62. The molecule has 4 saturated carbocycles. The van der Waals surface area contributed by atoms with E-state index in [0.29, 0.717) is 24.2 Å². The summed E-state index contributed by atoms with van der Waals surface area (Å²) in [6, 6.07) is 0. The van der Waals surface area contributed by atoms with Gasteiger partial charge in [-0.25, -0.2) is 0 Å². The molecule has 0 aliphatic heterocycles. The van der Waals surface area contributed by atoms with Crippen molar-refractivity contribution in [2.75, 3.05) is 6.61 Å². The van der Waals surface area contributed by atoms with Crippen molar-refractivity contribution in [1.29, 1.82) is 0 Å². The maximum absolute atomic E-state index is 11.3. The summed E-state index contributed by atoms with van der Waals surface area (Å²) >= 11 is 0. The molecule has 0 saturated heterocycles. The Morgan fingerprint density at radius 3 is 2.52 bits per heavy atom. The largest absolute Gasteiger partial charge is 0.396 e. The molecule has 4 nitrogen and oxygen atoms in total. The van der Waals surface area contributed by atoms with Crippen molar-refractivity contribution in [2.24, 2.45) is 40.4 Å². The van der Waals surface area contributed by atoms with Crippen LogP contribution in [-0.2, 0) is 0 Å². The van der Waals surface area contributed by atoms with E-state index in [4.69, 9.17) is 0 Å². The molecule has 0 bridgehead atoms. The Labute approximate surface area is 151 Å². The van der Waals surface area contributed by atoms with E-state index in [1.807, 2.05) is 6.92 Å². The van der Waals surface area contributed by atoms with Crippen molar-refractivity contribution in [3.8, 4) is 0 Å². The molecule has 1 unspecified atom stereocenters. The molecule has 25 heavy (non-hydrogen) atoms. The quantitative estimate of drug-likeness (QED) is 0.615. The van der Waals surface area contributed by atoms with E-state index in [1.165, 1.54) is 0 Å². The highest BCUT2D eigenvalue weighted by Crippen LogP contribution is 2.67. The first-order chi connectivity index (χ1) is 11.8. The highest BCUT2D eigenvalue weighted by Gasteiger charge is 2.64.